The summed E-state index contributed by atoms with van der Waals surface area (Å²) in [5.41, 5.74) is 1.27. The van der Waals surface area contributed by atoms with Gasteiger partial charge in [-0.3, -0.25) is 4.79 Å². The standard InChI is InChI=1S/C30H42FN3O4/c1-4-22-10-5-11-23(20-22)28-25(13-6-14-26(28)31)30(37,16-9-19-38-29(36)33-3)24-12-8-18-34(21-24)27(35)15-7-17-32-2/h5-6,10-11,13-14,20,24,32,37H,4,7-9,12,15-19,21H2,1-3H3,(H,33,36)/t24-,30+/m1/s1. The molecule has 0 unspecified atom stereocenters. The first-order valence-corrected chi connectivity index (χ1v) is 13.7. The third-order valence-corrected chi connectivity index (χ3v) is 7.51. The van der Waals surface area contributed by atoms with Gasteiger partial charge in [-0.1, -0.05) is 43.3 Å². The first-order chi connectivity index (χ1) is 18.3. The van der Waals surface area contributed by atoms with Crippen LogP contribution in [0.15, 0.2) is 42.5 Å². The van der Waals surface area contributed by atoms with Crippen LogP contribution in [0, 0.1) is 11.7 Å². The molecule has 8 heteroatoms. The van der Waals surface area contributed by atoms with Crippen molar-refractivity contribution >= 4 is 12.0 Å². The first-order valence-electron chi connectivity index (χ1n) is 13.7. The minimum absolute atomic E-state index is 0.0744. The van der Waals surface area contributed by atoms with Crippen LogP contribution in [0.1, 0.15) is 56.6 Å². The van der Waals surface area contributed by atoms with Crippen LogP contribution in [0.25, 0.3) is 11.1 Å². The van der Waals surface area contributed by atoms with Gasteiger partial charge in [0.2, 0.25) is 5.91 Å². The number of hydrogen-bond donors (Lipinski definition) is 3. The average Bonchev–Trinajstić information content (AvgIpc) is 2.95. The van der Waals surface area contributed by atoms with Gasteiger partial charge in [0.15, 0.2) is 0 Å². The van der Waals surface area contributed by atoms with Crippen LogP contribution >= 0.6 is 0 Å². The van der Waals surface area contributed by atoms with Crippen molar-refractivity contribution < 1.29 is 23.8 Å². The molecule has 38 heavy (non-hydrogen) atoms. The molecule has 0 saturated carbocycles. The highest BCUT2D eigenvalue weighted by Crippen LogP contribution is 2.44. The summed E-state index contributed by atoms with van der Waals surface area (Å²) in [6, 6.07) is 12.6. The Morgan fingerprint density at radius 1 is 1.18 bits per heavy atom. The number of ether oxygens (including phenoxy) is 1. The van der Waals surface area contributed by atoms with Crippen molar-refractivity contribution in [1.29, 1.82) is 0 Å². The van der Waals surface area contributed by atoms with Crippen molar-refractivity contribution in [3.8, 4) is 11.1 Å². The second-order valence-electron chi connectivity index (χ2n) is 10.0. The molecule has 208 valence electrons. The van der Waals surface area contributed by atoms with Gasteiger partial charge >= 0.3 is 6.09 Å². The summed E-state index contributed by atoms with van der Waals surface area (Å²) in [4.78, 5) is 26.4. The zero-order valence-electron chi connectivity index (χ0n) is 22.9. The zero-order valence-corrected chi connectivity index (χ0v) is 22.9. The minimum Gasteiger partial charge on any atom is -0.450 e. The smallest absolute Gasteiger partial charge is 0.406 e. The van der Waals surface area contributed by atoms with Crippen LogP contribution in [-0.4, -0.2) is 62.3 Å². The topological polar surface area (TPSA) is 90.9 Å². The van der Waals surface area contributed by atoms with Gasteiger partial charge in [-0.25, -0.2) is 9.18 Å². The van der Waals surface area contributed by atoms with Crippen molar-refractivity contribution in [2.45, 2.75) is 57.5 Å². The van der Waals surface area contributed by atoms with E-state index in [0.29, 0.717) is 49.0 Å². The van der Waals surface area contributed by atoms with Gasteiger partial charge in [0, 0.05) is 38.0 Å². The predicted molar refractivity (Wildman–Crippen MR) is 147 cm³/mol. The van der Waals surface area contributed by atoms with Crippen molar-refractivity contribution in [2.24, 2.45) is 5.92 Å². The van der Waals surface area contributed by atoms with E-state index < -0.39 is 17.5 Å². The molecule has 1 aliphatic rings. The number of benzene rings is 2. The van der Waals surface area contributed by atoms with Crippen LogP contribution in [0.5, 0.6) is 0 Å². The van der Waals surface area contributed by atoms with Crippen molar-refractivity contribution in [3.63, 3.8) is 0 Å². The first kappa shape index (κ1) is 29.6. The Bertz CT molecular complexity index is 1080. The van der Waals surface area contributed by atoms with E-state index in [-0.39, 0.29) is 24.9 Å². The third-order valence-electron chi connectivity index (χ3n) is 7.51. The molecule has 1 heterocycles. The van der Waals surface area contributed by atoms with Crippen molar-refractivity contribution in [1.82, 2.24) is 15.5 Å². The van der Waals surface area contributed by atoms with Crippen molar-refractivity contribution in [3.05, 3.63) is 59.4 Å². The molecule has 7 nitrogen and oxygen atoms in total. The van der Waals surface area contributed by atoms with Crippen LogP contribution in [0.4, 0.5) is 9.18 Å². The fourth-order valence-corrected chi connectivity index (χ4v) is 5.43. The maximum absolute atomic E-state index is 15.5. The number of piperidine rings is 1. The molecule has 1 aliphatic heterocycles. The van der Waals surface area contributed by atoms with Gasteiger partial charge in [0.05, 0.1) is 12.2 Å². The van der Waals surface area contributed by atoms with Crippen LogP contribution in [0.3, 0.4) is 0 Å². The summed E-state index contributed by atoms with van der Waals surface area (Å²) in [5, 5.41) is 18.0. The SMILES string of the molecule is CCc1cccc(-c2c(F)cccc2[C@](O)(CCCOC(=O)NC)[C@@H]2CCCN(C(=O)CCCNC)C2)c1. The molecule has 0 spiro atoms. The Kier molecular flexibility index (Phi) is 11.1. The number of carbonyl (C=O) groups excluding carboxylic acids is 2. The van der Waals surface area contributed by atoms with E-state index in [9.17, 15) is 14.7 Å². The number of rotatable bonds is 12. The Hall–Kier alpha value is -2.97. The van der Waals surface area contributed by atoms with Gasteiger partial charge in [-0.15, -0.1) is 0 Å². The molecule has 0 radical (unpaired) electrons. The third kappa shape index (κ3) is 7.32. The Balaban J connectivity index is 1.98. The highest BCUT2D eigenvalue weighted by atomic mass is 19.1. The molecule has 2 aromatic carbocycles. The lowest BCUT2D eigenvalue weighted by Gasteiger charge is -2.43. The van der Waals surface area contributed by atoms with E-state index in [0.717, 1.165) is 31.4 Å². The van der Waals surface area contributed by atoms with Gasteiger partial charge in [-0.05, 0) is 74.9 Å². The van der Waals surface area contributed by atoms with Gasteiger partial charge in [0.25, 0.3) is 0 Å². The molecule has 1 fully saturated rings. The highest BCUT2D eigenvalue weighted by Gasteiger charge is 2.43. The molecule has 0 bridgehead atoms. The monoisotopic (exact) mass is 527 g/mol. The van der Waals surface area contributed by atoms with E-state index in [4.69, 9.17) is 4.74 Å². The van der Waals surface area contributed by atoms with Crippen LogP contribution < -0.4 is 10.6 Å². The molecule has 3 N–H and O–H groups in total. The van der Waals surface area contributed by atoms with E-state index in [1.54, 1.807) is 12.1 Å². The quantitative estimate of drug-likeness (QED) is 0.351. The number of alkyl carbamates (subject to hydrolysis) is 1. The average molecular weight is 528 g/mol. The number of nitrogens with zero attached hydrogens (tertiary/aromatic N) is 1. The summed E-state index contributed by atoms with van der Waals surface area (Å²) in [6.45, 7) is 3.99. The number of carbonyl (C=O) groups is 2. The minimum atomic E-state index is -1.42. The highest BCUT2D eigenvalue weighted by molar-refractivity contribution is 5.76. The van der Waals surface area contributed by atoms with E-state index in [2.05, 4.69) is 10.6 Å². The number of aryl methyl sites for hydroxylation is 1. The lowest BCUT2D eigenvalue weighted by Crippen LogP contribution is -2.48. The summed E-state index contributed by atoms with van der Waals surface area (Å²) in [7, 11) is 3.36. The van der Waals surface area contributed by atoms with Gasteiger partial charge in [0.1, 0.15) is 5.82 Å². The normalized spacial score (nSPS) is 17.1. The Labute approximate surface area is 225 Å². The molecule has 2 amide bonds. The molecule has 2 aromatic rings. The second kappa shape index (κ2) is 14.3. The van der Waals surface area contributed by atoms with Crippen LogP contribution in [-0.2, 0) is 21.6 Å². The fraction of sp³-hybridized carbons (Fsp3) is 0.533. The number of likely N-dealkylation sites (tertiary alicyclic amines) is 1. The van der Waals surface area contributed by atoms with Gasteiger partial charge in [-0.2, -0.15) is 0 Å². The number of halogens is 1. The van der Waals surface area contributed by atoms with E-state index in [1.165, 1.54) is 13.1 Å². The summed E-state index contributed by atoms with van der Waals surface area (Å²) in [5.74, 6) is -0.614. The summed E-state index contributed by atoms with van der Waals surface area (Å²) in [6.07, 6.45) is 3.59. The van der Waals surface area contributed by atoms with E-state index in [1.807, 2.05) is 43.1 Å². The fourth-order valence-electron chi connectivity index (χ4n) is 5.43. The lowest BCUT2D eigenvalue weighted by atomic mass is 9.72. The number of aliphatic hydroxyl groups is 1. The predicted octanol–water partition coefficient (Wildman–Crippen LogP) is 4.62. The van der Waals surface area contributed by atoms with Gasteiger partial charge < -0.3 is 25.4 Å². The number of amides is 2. The summed E-state index contributed by atoms with van der Waals surface area (Å²) >= 11 is 0. The number of nitrogens with one attached hydrogen (secondary N) is 2. The Morgan fingerprint density at radius 2 is 1.97 bits per heavy atom. The molecular weight excluding hydrogens is 485 g/mol. The van der Waals surface area contributed by atoms with Crippen LogP contribution in [0.2, 0.25) is 0 Å². The molecule has 0 aromatic heterocycles. The summed E-state index contributed by atoms with van der Waals surface area (Å²) < 4.78 is 20.7. The van der Waals surface area contributed by atoms with Crippen molar-refractivity contribution in [2.75, 3.05) is 40.3 Å². The largest absolute Gasteiger partial charge is 0.450 e. The Morgan fingerprint density at radius 3 is 2.71 bits per heavy atom. The van der Waals surface area contributed by atoms with E-state index >= 15 is 4.39 Å². The molecule has 1 saturated heterocycles. The lowest BCUT2D eigenvalue weighted by molar-refractivity contribution is -0.137. The number of hydrogen-bond acceptors (Lipinski definition) is 5. The second-order valence-corrected chi connectivity index (χ2v) is 10.0. The molecule has 2 atom stereocenters. The maximum atomic E-state index is 15.5. The zero-order chi connectivity index (χ0) is 27.5. The molecule has 0 aliphatic carbocycles. The maximum Gasteiger partial charge on any atom is 0.406 e. The molecule has 3 rings (SSSR count). The molecular formula is C30H42FN3O4.